The van der Waals surface area contributed by atoms with Gasteiger partial charge in [-0.2, -0.15) is 0 Å². The number of hydrogen-bond donors (Lipinski definition) is 1. The van der Waals surface area contributed by atoms with E-state index in [1.165, 1.54) is 19.2 Å². The van der Waals surface area contributed by atoms with Crippen LogP contribution in [0.15, 0.2) is 113 Å². The molecule has 5 aromatic rings. The molecule has 3 aromatic carbocycles. The van der Waals surface area contributed by atoms with E-state index in [0.717, 1.165) is 33.1 Å². The lowest BCUT2D eigenvalue weighted by atomic mass is 10.1. The van der Waals surface area contributed by atoms with Crippen LogP contribution < -0.4 is 5.32 Å². The molecule has 0 spiro atoms. The highest BCUT2D eigenvalue weighted by atomic mass is 16.5. The van der Waals surface area contributed by atoms with Gasteiger partial charge in [0.2, 0.25) is 5.76 Å². The Morgan fingerprint density at radius 2 is 1.52 bits per heavy atom. The van der Waals surface area contributed by atoms with Gasteiger partial charge in [0.15, 0.2) is 0 Å². The molecule has 46 heavy (non-hydrogen) atoms. The zero-order valence-electron chi connectivity index (χ0n) is 25.1. The van der Waals surface area contributed by atoms with Crippen molar-refractivity contribution in [3.63, 3.8) is 0 Å². The van der Waals surface area contributed by atoms with Crippen LogP contribution in [0.5, 0.6) is 0 Å². The lowest BCUT2D eigenvalue weighted by Gasteiger charge is -2.15. The van der Waals surface area contributed by atoms with E-state index in [0.29, 0.717) is 11.1 Å². The summed E-state index contributed by atoms with van der Waals surface area (Å²) in [6.07, 6.45) is 1.65. The quantitative estimate of drug-likeness (QED) is 0.115. The molecule has 10 nitrogen and oxygen atoms in total. The van der Waals surface area contributed by atoms with Gasteiger partial charge < -0.3 is 23.8 Å². The monoisotopic (exact) mass is 615 g/mol. The number of carbonyl (C=O) groups excluding carboxylic acids is 4. The molecule has 230 valence electrons. The highest BCUT2D eigenvalue weighted by molar-refractivity contribution is 6.14. The summed E-state index contributed by atoms with van der Waals surface area (Å²) >= 11 is 0. The van der Waals surface area contributed by atoms with Crippen LogP contribution in [-0.4, -0.2) is 47.1 Å². The predicted octanol–water partition coefficient (Wildman–Crippen LogP) is 6.46. The van der Waals surface area contributed by atoms with Gasteiger partial charge in [-0.15, -0.1) is 0 Å². The third-order valence-electron chi connectivity index (χ3n) is 7.41. The fourth-order valence-corrected chi connectivity index (χ4v) is 5.28. The number of rotatable bonds is 9. The van der Waals surface area contributed by atoms with Crippen molar-refractivity contribution in [1.29, 1.82) is 0 Å². The number of urea groups is 1. The van der Waals surface area contributed by atoms with Crippen molar-refractivity contribution in [2.75, 3.05) is 13.7 Å². The van der Waals surface area contributed by atoms with Crippen molar-refractivity contribution in [2.45, 2.75) is 13.5 Å². The number of carbonyl (C=O) groups is 4. The third-order valence-corrected chi connectivity index (χ3v) is 7.41. The van der Waals surface area contributed by atoms with Crippen LogP contribution in [0.1, 0.15) is 39.2 Å². The molecule has 2 aromatic heterocycles. The summed E-state index contributed by atoms with van der Waals surface area (Å²) in [5.74, 6) is -1.40. The number of esters is 2. The van der Waals surface area contributed by atoms with Gasteiger partial charge in [-0.05, 0) is 66.6 Å². The predicted molar refractivity (Wildman–Crippen MR) is 170 cm³/mol. The molecule has 10 heteroatoms. The number of imide groups is 1. The third kappa shape index (κ3) is 5.83. The number of nitrogens with zero attached hydrogens (tertiary/aromatic N) is 2. The van der Waals surface area contributed by atoms with Gasteiger partial charge in [-0.1, -0.05) is 60.7 Å². The Morgan fingerprint density at radius 3 is 2.17 bits per heavy atom. The first kappa shape index (κ1) is 29.9. The first-order valence-corrected chi connectivity index (χ1v) is 14.5. The van der Waals surface area contributed by atoms with Gasteiger partial charge in [0, 0.05) is 11.3 Å². The van der Waals surface area contributed by atoms with E-state index in [-0.39, 0.29) is 30.4 Å². The van der Waals surface area contributed by atoms with Gasteiger partial charge in [-0.3, -0.25) is 9.69 Å². The average molecular weight is 616 g/mol. The number of nitrogens with one attached hydrogen (secondary N) is 1. The van der Waals surface area contributed by atoms with E-state index in [1.54, 1.807) is 25.1 Å². The second-order valence-corrected chi connectivity index (χ2v) is 10.3. The Bertz CT molecular complexity index is 1960. The van der Waals surface area contributed by atoms with Crippen LogP contribution >= 0.6 is 0 Å². The molecule has 3 heterocycles. The molecular formula is C36H29N3O7. The molecule has 1 aliphatic rings. The maximum atomic E-state index is 13.5. The number of aromatic nitrogens is 1. The second kappa shape index (κ2) is 12.8. The Morgan fingerprint density at radius 1 is 0.848 bits per heavy atom. The smallest absolute Gasteiger partial charge is 0.373 e. The number of ether oxygens (including phenoxy) is 2. The molecule has 1 saturated heterocycles. The summed E-state index contributed by atoms with van der Waals surface area (Å²) < 4.78 is 17.4. The molecule has 1 fully saturated rings. The zero-order chi connectivity index (χ0) is 32.2. The fourth-order valence-electron chi connectivity index (χ4n) is 5.28. The summed E-state index contributed by atoms with van der Waals surface area (Å²) in [4.78, 5) is 51.7. The Labute approximate surface area is 264 Å². The van der Waals surface area contributed by atoms with Gasteiger partial charge >= 0.3 is 18.0 Å². The summed E-state index contributed by atoms with van der Waals surface area (Å²) in [6.45, 7) is 1.86. The summed E-state index contributed by atoms with van der Waals surface area (Å²) in [6, 6.07) is 30.9. The molecular weight excluding hydrogens is 586 g/mol. The molecule has 0 unspecified atom stereocenters. The van der Waals surface area contributed by atoms with E-state index >= 15 is 0 Å². The van der Waals surface area contributed by atoms with E-state index < -0.39 is 23.9 Å². The SMILES string of the molecule is CCOC(=O)c1ccc(-n2c(-c3ccccc3)cc(/C=C3\NC(=O)N(Cc4ccc(C(=O)OC)o4)C3=O)c2-c2ccccc2)cc1. The van der Waals surface area contributed by atoms with E-state index in [4.69, 9.17) is 9.15 Å². The van der Waals surface area contributed by atoms with Crippen molar-refractivity contribution < 1.29 is 33.1 Å². The lowest BCUT2D eigenvalue weighted by molar-refractivity contribution is -0.123. The topological polar surface area (TPSA) is 120 Å². The minimum absolute atomic E-state index is 0.0297. The van der Waals surface area contributed by atoms with Crippen LogP contribution in [-0.2, 0) is 20.8 Å². The molecule has 0 bridgehead atoms. The van der Waals surface area contributed by atoms with Crippen LogP contribution in [0.25, 0.3) is 34.3 Å². The molecule has 3 amide bonds. The van der Waals surface area contributed by atoms with Crippen LogP contribution in [0, 0.1) is 0 Å². The number of furan rings is 1. The number of amides is 3. The van der Waals surface area contributed by atoms with Crippen LogP contribution in [0.2, 0.25) is 0 Å². The Balaban J connectivity index is 1.45. The maximum absolute atomic E-state index is 13.5. The van der Waals surface area contributed by atoms with Gasteiger partial charge in [0.05, 0.1) is 37.2 Å². The van der Waals surface area contributed by atoms with E-state index in [1.807, 2.05) is 78.9 Å². The molecule has 0 aliphatic carbocycles. The zero-order valence-corrected chi connectivity index (χ0v) is 25.1. The summed E-state index contributed by atoms with van der Waals surface area (Å²) in [7, 11) is 1.23. The normalized spacial score (nSPS) is 13.6. The number of benzene rings is 3. The first-order chi connectivity index (χ1) is 22.4. The molecule has 0 saturated carbocycles. The van der Waals surface area contributed by atoms with Crippen molar-refractivity contribution in [2.24, 2.45) is 0 Å². The van der Waals surface area contributed by atoms with Crippen molar-refractivity contribution in [3.05, 3.63) is 131 Å². The second-order valence-electron chi connectivity index (χ2n) is 10.3. The van der Waals surface area contributed by atoms with E-state index in [9.17, 15) is 19.2 Å². The summed E-state index contributed by atoms with van der Waals surface area (Å²) in [5.41, 5.74) is 5.34. The Kier molecular flexibility index (Phi) is 8.34. The fraction of sp³-hybridized carbons (Fsp3) is 0.111. The van der Waals surface area contributed by atoms with Crippen LogP contribution in [0.4, 0.5) is 4.79 Å². The highest BCUT2D eigenvalue weighted by Crippen LogP contribution is 2.37. The summed E-state index contributed by atoms with van der Waals surface area (Å²) in [5, 5.41) is 2.69. The van der Waals surface area contributed by atoms with Crippen LogP contribution in [0.3, 0.4) is 0 Å². The van der Waals surface area contributed by atoms with Crippen molar-refractivity contribution >= 4 is 30.0 Å². The largest absolute Gasteiger partial charge is 0.463 e. The average Bonchev–Trinajstić information content (AvgIpc) is 3.78. The highest BCUT2D eigenvalue weighted by Gasteiger charge is 2.35. The number of hydrogen-bond acceptors (Lipinski definition) is 7. The maximum Gasteiger partial charge on any atom is 0.373 e. The molecule has 6 rings (SSSR count). The minimum atomic E-state index is -0.660. The van der Waals surface area contributed by atoms with Crippen molar-refractivity contribution in [1.82, 2.24) is 14.8 Å². The molecule has 0 atom stereocenters. The molecule has 1 N–H and O–H groups in total. The standard InChI is InChI=1S/C36H29N3O7/c1-3-45-34(41)25-14-16-27(17-15-25)39-30(23-10-6-4-7-11-23)21-26(32(39)24-12-8-5-9-13-24)20-29-33(40)38(36(43)37-29)22-28-18-19-31(46-28)35(42)44-2/h4-21H,3,22H2,1-2H3,(H,37,43)/b29-20-. The van der Waals surface area contributed by atoms with Gasteiger partial charge in [-0.25, -0.2) is 14.4 Å². The number of methoxy groups -OCH3 is 1. The Hall–Kier alpha value is -6.16. The lowest BCUT2D eigenvalue weighted by Crippen LogP contribution is -2.30. The molecule has 0 radical (unpaired) electrons. The first-order valence-electron chi connectivity index (χ1n) is 14.5. The van der Waals surface area contributed by atoms with Gasteiger partial charge in [0.25, 0.3) is 5.91 Å². The van der Waals surface area contributed by atoms with Crippen molar-refractivity contribution in [3.8, 4) is 28.2 Å². The molecule has 1 aliphatic heterocycles. The minimum Gasteiger partial charge on any atom is -0.463 e. The van der Waals surface area contributed by atoms with Gasteiger partial charge in [0.1, 0.15) is 11.5 Å². The van der Waals surface area contributed by atoms with E-state index in [2.05, 4.69) is 14.6 Å².